The van der Waals surface area contributed by atoms with Gasteiger partial charge >= 0.3 is 11.7 Å². The van der Waals surface area contributed by atoms with Crippen LogP contribution in [0.3, 0.4) is 0 Å². The molecule has 6 nitrogen and oxygen atoms in total. The highest BCUT2D eigenvalue weighted by atomic mass is 32.1. The molecule has 7 heteroatoms. The molecule has 0 radical (unpaired) electrons. The molecule has 0 amide bonds. The van der Waals surface area contributed by atoms with Crippen LogP contribution in [-0.4, -0.2) is 25.7 Å². The molecule has 3 aromatic carbocycles. The number of carboxylic acid groups (broad SMARTS) is 1. The minimum atomic E-state index is -1.24. The van der Waals surface area contributed by atoms with Crippen LogP contribution in [0.2, 0.25) is 0 Å². The van der Waals surface area contributed by atoms with Crippen LogP contribution in [0.1, 0.15) is 49.7 Å². The van der Waals surface area contributed by atoms with Crippen LogP contribution in [0.25, 0.3) is 12.2 Å². The van der Waals surface area contributed by atoms with Gasteiger partial charge < -0.3 is 10.2 Å². The first-order chi connectivity index (χ1) is 16.4. The Morgan fingerprint density at radius 1 is 0.941 bits per heavy atom. The maximum Gasteiger partial charge on any atom is 0.339 e. The number of carbonyl (C=O) groups is 1. The molecular weight excluding hydrogens is 448 g/mol. The number of aromatic hydroxyl groups is 1. The van der Waals surface area contributed by atoms with Crippen LogP contribution >= 0.6 is 12.2 Å². The van der Waals surface area contributed by atoms with Crippen molar-refractivity contribution in [3.05, 3.63) is 127 Å². The number of aromatic amines is 1. The van der Waals surface area contributed by atoms with Crippen molar-refractivity contribution in [3.8, 4) is 5.75 Å². The summed E-state index contributed by atoms with van der Waals surface area (Å²) >= 11 is 5.62. The second-order valence-electron chi connectivity index (χ2n) is 8.15. The number of rotatable bonds is 4. The van der Waals surface area contributed by atoms with Gasteiger partial charge in [0, 0.05) is 17.7 Å². The zero-order chi connectivity index (χ0) is 23.8. The molecular formula is C27H20N2O4S. The molecule has 34 heavy (non-hydrogen) atoms. The monoisotopic (exact) mass is 468 g/mol. The van der Waals surface area contributed by atoms with Gasteiger partial charge in [-0.2, -0.15) is 0 Å². The van der Waals surface area contributed by atoms with Gasteiger partial charge in [-0.15, -0.1) is 0 Å². The number of hydrogen-bond acceptors (Lipinski definition) is 4. The fraction of sp³-hybridized carbons (Fsp3) is 0.0741. The van der Waals surface area contributed by atoms with E-state index in [1.165, 1.54) is 16.7 Å². The summed E-state index contributed by atoms with van der Waals surface area (Å²) in [5, 5.41) is 19.1. The molecule has 0 bridgehead atoms. The number of nitrogens with zero attached hydrogens (tertiary/aromatic N) is 1. The lowest BCUT2D eigenvalue weighted by atomic mass is 9.83. The zero-order valence-electron chi connectivity index (χ0n) is 17.9. The molecule has 0 unspecified atom stereocenters. The third-order valence-electron chi connectivity index (χ3n) is 6.05. The highest BCUT2D eigenvalue weighted by Gasteiger charge is 2.25. The number of carboxylic acids is 1. The highest BCUT2D eigenvalue weighted by molar-refractivity contribution is 7.71. The molecule has 1 aliphatic carbocycles. The van der Waals surface area contributed by atoms with Gasteiger partial charge in [0.1, 0.15) is 16.0 Å². The average Bonchev–Trinajstić information content (AvgIpc) is 2.99. The summed E-state index contributed by atoms with van der Waals surface area (Å²) in [6.07, 6.45) is 5.92. The summed E-state index contributed by atoms with van der Waals surface area (Å²) in [6.45, 7) is 0.118. The molecule has 0 spiro atoms. The van der Waals surface area contributed by atoms with Gasteiger partial charge in [0.25, 0.3) is 0 Å². The Morgan fingerprint density at radius 3 is 2.18 bits per heavy atom. The van der Waals surface area contributed by atoms with E-state index >= 15 is 0 Å². The van der Waals surface area contributed by atoms with Gasteiger partial charge in [-0.25, -0.2) is 9.59 Å². The summed E-state index contributed by atoms with van der Waals surface area (Å²) in [5.41, 5.74) is 5.02. The molecule has 0 atom stereocenters. The molecule has 3 N–H and O–H groups in total. The predicted octanol–water partition coefficient (Wildman–Crippen LogP) is 5.02. The van der Waals surface area contributed by atoms with Crippen molar-refractivity contribution in [3.63, 3.8) is 0 Å². The lowest BCUT2D eigenvalue weighted by Gasteiger charge is -2.22. The normalized spacial score (nSPS) is 12.6. The van der Waals surface area contributed by atoms with Gasteiger partial charge in [0.15, 0.2) is 0 Å². The number of H-pyrrole nitrogens is 1. The van der Waals surface area contributed by atoms with Gasteiger partial charge in [-0.05, 0) is 39.9 Å². The molecule has 1 aromatic heterocycles. The maximum atomic E-state index is 12.8. The number of phenols is 1. The Hall–Kier alpha value is -4.23. The second kappa shape index (κ2) is 8.61. The number of nitrogens with one attached hydrogen (secondary N) is 1. The molecule has 1 aliphatic rings. The standard InChI is InChI=1S/C27H20N2O4S/c30-23-12-9-16(13-21(23)26(31)32)14-29-15-22(25(34)28-27(29)33)24-19-7-3-1-5-17(19)10-11-18-6-2-4-8-20(18)24/h1-13,15,24,30H,14H2,(H,31,32)(H,28,33,34). The van der Waals surface area contributed by atoms with Crippen LogP contribution < -0.4 is 5.69 Å². The Morgan fingerprint density at radius 2 is 1.56 bits per heavy atom. The zero-order valence-corrected chi connectivity index (χ0v) is 18.8. The molecule has 1 heterocycles. The lowest BCUT2D eigenvalue weighted by molar-refractivity contribution is 0.0693. The Bertz CT molecular complexity index is 1530. The third kappa shape index (κ3) is 3.86. The number of hydrogen-bond donors (Lipinski definition) is 3. The van der Waals surface area contributed by atoms with Crippen LogP contribution in [0.15, 0.2) is 77.7 Å². The van der Waals surface area contributed by atoms with Gasteiger partial charge in [-0.1, -0.05) is 79.0 Å². The van der Waals surface area contributed by atoms with Crippen LogP contribution in [0.4, 0.5) is 0 Å². The third-order valence-corrected chi connectivity index (χ3v) is 6.39. The molecule has 0 aliphatic heterocycles. The largest absolute Gasteiger partial charge is 0.507 e. The summed E-state index contributed by atoms with van der Waals surface area (Å²) < 4.78 is 1.84. The van der Waals surface area contributed by atoms with E-state index < -0.39 is 11.7 Å². The van der Waals surface area contributed by atoms with Gasteiger partial charge in [-0.3, -0.25) is 9.55 Å². The van der Waals surface area contributed by atoms with Crippen molar-refractivity contribution in [2.24, 2.45) is 0 Å². The first-order valence-electron chi connectivity index (χ1n) is 10.7. The van der Waals surface area contributed by atoms with Crippen molar-refractivity contribution in [1.82, 2.24) is 9.55 Å². The summed E-state index contributed by atoms with van der Waals surface area (Å²) in [6, 6.07) is 20.5. The second-order valence-corrected chi connectivity index (χ2v) is 8.56. The molecule has 4 aromatic rings. The topological polar surface area (TPSA) is 95.3 Å². The van der Waals surface area contributed by atoms with Gasteiger partial charge in [0.2, 0.25) is 0 Å². The van der Waals surface area contributed by atoms with E-state index in [2.05, 4.69) is 41.4 Å². The summed E-state index contributed by atoms with van der Waals surface area (Å²) in [7, 11) is 0. The van der Waals surface area contributed by atoms with Crippen molar-refractivity contribution >= 4 is 30.3 Å². The number of aromatic carboxylic acids is 1. The van der Waals surface area contributed by atoms with Crippen molar-refractivity contribution in [2.45, 2.75) is 12.5 Å². The highest BCUT2D eigenvalue weighted by Crippen LogP contribution is 2.39. The maximum absolute atomic E-state index is 12.8. The van der Waals surface area contributed by atoms with E-state index in [4.69, 9.17) is 12.2 Å². The summed E-state index contributed by atoms with van der Waals surface area (Å²) in [4.78, 5) is 27.0. The van der Waals surface area contributed by atoms with Crippen LogP contribution in [0.5, 0.6) is 5.75 Å². The van der Waals surface area contributed by atoms with Crippen molar-refractivity contribution < 1.29 is 15.0 Å². The fourth-order valence-electron chi connectivity index (χ4n) is 4.43. The molecule has 168 valence electrons. The quantitative estimate of drug-likeness (QED) is 0.322. The first kappa shape index (κ1) is 21.6. The Balaban J connectivity index is 1.67. The number of aromatic nitrogens is 2. The lowest BCUT2D eigenvalue weighted by Crippen LogP contribution is -2.25. The van der Waals surface area contributed by atoms with Crippen molar-refractivity contribution in [2.75, 3.05) is 0 Å². The predicted molar refractivity (Wildman–Crippen MR) is 133 cm³/mol. The Labute approximate surface area is 200 Å². The van der Waals surface area contributed by atoms with E-state index in [0.717, 1.165) is 27.8 Å². The minimum absolute atomic E-state index is 0.118. The SMILES string of the molecule is O=C(O)c1cc(Cn2cc(C3c4ccccc4C=Cc4ccccc43)c(=S)[nH]c2=O)ccc1O. The minimum Gasteiger partial charge on any atom is -0.507 e. The van der Waals surface area contributed by atoms with E-state index in [1.54, 1.807) is 12.3 Å². The van der Waals surface area contributed by atoms with Crippen molar-refractivity contribution in [1.29, 1.82) is 0 Å². The van der Waals surface area contributed by atoms with E-state index in [-0.39, 0.29) is 23.8 Å². The first-order valence-corrected chi connectivity index (χ1v) is 11.1. The smallest absolute Gasteiger partial charge is 0.339 e. The fourth-order valence-corrected chi connectivity index (χ4v) is 4.69. The van der Waals surface area contributed by atoms with E-state index in [1.807, 2.05) is 24.3 Å². The average molecular weight is 469 g/mol. The number of fused-ring (bicyclic) bond motifs is 2. The van der Waals surface area contributed by atoms with E-state index in [9.17, 15) is 19.8 Å². The molecule has 0 saturated carbocycles. The summed E-state index contributed by atoms with van der Waals surface area (Å²) in [5.74, 6) is -1.76. The van der Waals surface area contributed by atoms with Crippen LogP contribution in [-0.2, 0) is 6.54 Å². The van der Waals surface area contributed by atoms with Gasteiger partial charge in [0.05, 0.1) is 6.54 Å². The number of benzene rings is 3. The van der Waals surface area contributed by atoms with E-state index in [0.29, 0.717) is 10.2 Å². The molecule has 0 saturated heterocycles. The molecule has 5 rings (SSSR count). The molecule has 0 fully saturated rings. The van der Waals surface area contributed by atoms with Crippen LogP contribution in [0, 0.1) is 4.64 Å². The Kier molecular flexibility index (Phi) is 5.47.